The maximum absolute atomic E-state index is 9.20. The number of rotatable bonds is 13. The Balaban J connectivity index is 5.00. The van der Waals surface area contributed by atoms with Crippen molar-refractivity contribution in [3.8, 4) is 0 Å². The summed E-state index contributed by atoms with van der Waals surface area (Å²) < 4.78 is 17.7. The van der Waals surface area contributed by atoms with Crippen molar-refractivity contribution in [3.63, 3.8) is 0 Å². The lowest BCUT2D eigenvalue weighted by atomic mass is 10.1. The van der Waals surface area contributed by atoms with E-state index >= 15 is 0 Å². The molecule has 1 unspecified atom stereocenters. The van der Waals surface area contributed by atoms with Crippen LogP contribution in [0.15, 0.2) is 0 Å². The van der Waals surface area contributed by atoms with Gasteiger partial charge in [-0.3, -0.25) is 0 Å². The third kappa shape index (κ3) is 7.12. The standard InChI is InChI=1S/C13H31NO5Si/c1-4-12-20(17-5-2,18-6-3)19-13(14,9-11-16)8-7-10-15/h15-16H,4-12,14H2,1-3H3. The van der Waals surface area contributed by atoms with Crippen molar-refractivity contribution in [1.29, 1.82) is 0 Å². The van der Waals surface area contributed by atoms with E-state index in [-0.39, 0.29) is 13.2 Å². The lowest BCUT2D eigenvalue weighted by Crippen LogP contribution is -2.57. The van der Waals surface area contributed by atoms with Crippen LogP contribution in [0.1, 0.15) is 46.5 Å². The third-order valence-electron chi connectivity index (χ3n) is 2.94. The third-order valence-corrected chi connectivity index (χ3v) is 6.22. The summed E-state index contributed by atoms with van der Waals surface area (Å²) in [5.41, 5.74) is 5.24. The van der Waals surface area contributed by atoms with Gasteiger partial charge in [0.05, 0.1) is 0 Å². The Morgan fingerprint density at radius 3 is 2.00 bits per heavy atom. The first-order valence-electron chi connectivity index (χ1n) is 7.50. The van der Waals surface area contributed by atoms with E-state index in [0.717, 1.165) is 6.42 Å². The molecule has 0 aliphatic rings. The molecule has 0 aliphatic heterocycles. The Bertz CT molecular complexity index is 228. The average molecular weight is 309 g/mol. The molecular formula is C13H31NO5Si. The molecule has 0 heterocycles. The summed E-state index contributed by atoms with van der Waals surface area (Å²) in [4.78, 5) is 0. The van der Waals surface area contributed by atoms with Gasteiger partial charge < -0.3 is 29.2 Å². The van der Waals surface area contributed by atoms with Crippen molar-refractivity contribution in [2.75, 3.05) is 26.4 Å². The van der Waals surface area contributed by atoms with E-state index in [0.29, 0.717) is 38.5 Å². The molecule has 122 valence electrons. The molecule has 0 bridgehead atoms. The molecule has 1 atom stereocenters. The largest absolute Gasteiger partial charge is 0.502 e. The lowest BCUT2D eigenvalue weighted by Gasteiger charge is -2.38. The zero-order valence-electron chi connectivity index (χ0n) is 13.1. The van der Waals surface area contributed by atoms with Crippen LogP contribution < -0.4 is 5.73 Å². The van der Waals surface area contributed by atoms with Gasteiger partial charge in [-0.15, -0.1) is 0 Å². The second-order valence-corrected chi connectivity index (χ2v) is 7.41. The van der Waals surface area contributed by atoms with Crippen LogP contribution in [0.2, 0.25) is 6.04 Å². The fourth-order valence-electron chi connectivity index (χ4n) is 2.15. The first-order valence-corrected chi connectivity index (χ1v) is 9.43. The number of nitrogens with two attached hydrogens (primary N) is 1. The van der Waals surface area contributed by atoms with Gasteiger partial charge in [0.2, 0.25) is 0 Å². The van der Waals surface area contributed by atoms with E-state index < -0.39 is 14.5 Å². The van der Waals surface area contributed by atoms with Crippen molar-refractivity contribution in [3.05, 3.63) is 0 Å². The molecule has 4 N–H and O–H groups in total. The highest BCUT2D eigenvalue weighted by molar-refractivity contribution is 6.60. The number of aliphatic hydroxyl groups is 2. The van der Waals surface area contributed by atoms with Gasteiger partial charge in [-0.1, -0.05) is 13.3 Å². The Labute approximate surface area is 123 Å². The van der Waals surface area contributed by atoms with Crippen LogP contribution in [0.25, 0.3) is 0 Å². The summed E-state index contributed by atoms with van der Waals surface area (Å²) in [7, 11) is -2.84. The van der Waals surface area contributed by atoms with Gasteiger partial charge in [-0.25, -0.2) is 0 Å². The van der Waals surface area contributed by atoms with Crippen LogP contribution in [-0.4, -0.2) is 51.2 Å². The van der Waals surface area contributed by atoms with Crippen LogP contribution in [0.5, 0.6) is 0 Å². The maximum atomic E-state index is 9.20. The van der Waals surface area contributed by atoms with Gasteiger partial charge in [-0.05, 0) is 26.7 Å². The van der Waals surface area contributed by atoms with Crippen molar-refractivity contribution in [2.24, 2.45) is 5.73 Å². The molecule has 20 heavy (non-hydrogen) atoms. The van der Waals surface area contributed by atoms with Gasteiger partial charge in [0, 0.05) is 38.9 Å². The smallest absolute Gasteiger partial charge is 0.396 e. The summed E-state index contributed by atoms with van der Waals surface area (Å²) in [6, 6.07) is 0.693. The predicted octanol–water partition coefficient (Wildman–Crippen LogP) is 1.23. The fraction of sp³-hybridized carbons (Fsp3) is 1.00. The number of hydrogen-bond acceptors (Lipinski definition) is 6. The van der Waals surface area contributed by atoms with Gasteiger partial charge in [0.25, 0.3) is 0 Å². The summed E-state index contributed by atoms with van der Waals surface area (Å²) in [5.74, 6) is 0. The minimum absolute atomic E-state index is 0.0410. The van der Waals surface area contributed by atoms with E-state index in [2.05, 4.69) is 0 Å². The average Bonchev–Trinajstić information content (AvgIpc) is 2.37. The van der Waals surface area contributed by atoms with Crippen molar-refractivity contribution in [2.45, 2.75) is 58.2 Å². The van der Waals surface area contributed by atoms with Gasteiger partial charge in [0.15, 0.2) is 0 Å². The number of hydrogen-bond donors (Lipinski definition) is 3. The van der Waals surface area contributed by atoms with E-state index in [1.807, 2.05) is 20.8 Å². The zero-order valence-corrected chi connectivity index (χ0v) is 14.1. The summed E-state index contributed by atoms with van der Waals surface area (Å²) in [5, 5.41) is 18.2. The molecule has 0 rings (SSSR count). The molecule has 0 aromatic carbocycles. The van der Waals surface area contributed by atoms with Gasteiger partial charge in [-0.2, -0.15) is 0 Å². The fourth-order valence-corrected chi connectivity index (χ4v) is 5.05. The SMILES string of the molecule is CCC[Si](OCC)(OCC)OC(N)(CCO)CCCO. The highest BCUT2D eigenvalue weighted by Crippen LogP contribution is 2.27. The first kappa shape index (κ1) is 20.0. The number of aliphatic hydroxyl groups excluding tert-OH is 2. The molecule has 0 fully saturated rings. The molecule has 0 aromatic heterocycles. The maximum Gasteiger partial charge on any atom is 0.502 e. The molecule has 6 nitrogen and oxygen atoms in total. The normalized spacial score (nSPS) is 15.3. The zero-order chi connectivity index (χ0) is 15.5. The monoisotopic (exact) mass is 309 g/mol. The molecule has 7 heteroatoms. The van der Waals surface area contributed by atoms with Crippen LogP contribution in [0.4, 0.5) is 0 Å². The Kier molecular flexibility index (Phi) is 10.7. The minimum Gasteiger partial charge on any atom is -0.396 e. The Morgan fingerprint density at radius 2 is 1.60 bits per heavy atom. The molecule has 0 radical (unpaired) electrons. The lowest BCUT2D eigenvalue weighted by molar-refractivity contribution is -0.0462. The highest BCUT2D eigenvalue weighted by Gasteiger charge is 2.46. The van der Waals surface area contributed by atoms with Crippen molar-refractivity contribution < 1.29 is 23.5 Å². The van der Waals surface area contributed by atoms with Crippen LogP contribution in [0.3, 0.4) is 0 Å². The molecule has 0 saturated carbocycles. The van der Waals surface area contributed by atoms with E-state index in [4.69, 9.17) is 24.1 Å². The second-order valence-electron chi connectivity index (χ2n) is 4.77. The molecule has 0 amide bonds. The van der Waals surface area contributed by atoms with Crippen LogP contribution in [0, 0.1) is 0 Å². The van der Waals surface area contributed by atoms with E-state index in [1.165, 1.54) is 0 Å². The summed E-state index contributed by atoms with van der Waals surface area (Å²) in [6.07, 6.45) is 2.15. The Morgan fingerprint density at radius 1 is 1.00 bits per heavy atom. The minimum atomic E-state index is -2.84. The first-order chi connectivity index (χ1) is 9.51. The topological polar surface area (TPSA) is 94.2 Å². The van der Waals surface area contributed by atoms with Crippen molar-refractivity contribution in [1.82, 2.24) is 0 Å². The van der Waals surface area contributed by atoms with Crippen LogP contribution >= 0.6 is 0 Å². The molecule has 0 aromatic rings. The van der Waals surface area contributed by atoms with E-state index in [1.54, 1.807) is 0 Å². The summed E-state index contributed by atoms with van der Waals surface area (Å²) >= 11 is 0. The van der Waals surface area contributed by atoms with Gasteiger partial charge in [0.1, 0.15) is 5.72 Å². The molecule has 0 spiro atoms. The Hall–Kier alpha value is -0.0231. The highest BCUT2D eigenvalue weighted by atomic mass is 28.4. The van der Waals surface area contributed by atoms with Crippen LogP contribution in [-0.2, 0) is 13.3 Å². The van der Waals surface area contributed by atoms with Gasteiger partial charge >= 0.3 is 8.80 Å². The molecule has 0 aliphatic carbocycles. The second kappa shape index (κ2) is 10.7. The van der Waals surface area contributed by atoms with E-state index in [9.17, 15) is 5.11 Å². The quantitative estimate of drug-likeness (QED) is 0.350. The summed E-state index contributed by atoms with van der Waals surface area (Å²) in [6.45, 7) is 6.82. The molecule has 0 saturated heterocycles. The van der Waals surface area contributed by atoms with Crippen molar-refractivity contribution >= 4 is 8.80 Å². The predicted molar refractivity (Wildman–Crippen MR) is 80.1 cm³/mol. The molecular weight excluding hydrogens is 278 g/mol.